The average molecular weight is 397 g/mol. The van der Waals surface area contributed by atoms with E-state index in [2.05, 4.69) is 48.1 Å². The first-order valence-corrected chi connectivity index (χ1v) is 13.2. The molecule has 0 nitrogen and oxygen atoms in total. The Labute approximate surface area is 181 Å². The third-order valence-corrected chi connectivity index (χ3v) is 12.7. The maximum atomic E-state index is 4.47. The number of hydrogen-bond donors (Lipinski definition) is 0. The van der Waals surface area contributed by atoms with Gasteiger partial charge in [-0.3, -0.25) is 0 Å². The van der Waals surface area contributed by atoms with E-state index in [0.29, 0.717) is 21.7 Å². The van der Waals surface area contributed by atoms with Gasteiger partial charge in [-0.25, -0.2) is 0 Å². The van der Waals surface area contributed by atoms with Crippen molar-refractivity contribution in [2.24, 2.45) is 57.2 Å². The predicted molar refractivity (Wildman–Crippen MR) is 125 cm³/mol. The molecule has 0 radical (unpaired) electrons. The van der Waals surface area contributed by atoms with Crippen LogP contribution in [0.15, 0.2) is 12.2 Å². The monoisotopic (exact) mass is 396 g/mol. The van der Waals surface area contributed by atoms with Gasteiger partial charge in [-0.05, 0) is 128 Å². The van der Waals surface area contributed by atoms with Gasteiger partial charge in [0.2, 0.25) is 0 Å². The quantitative estimate of drug-likeness (QED) is 0.389. The summed E-state index contributed by atoms with van der Waals surface area (Å²) in [7, 11) is 0. The number of rotatable bonds is 1. The van der Waals surface area contributed by atoms with Crippen LogP contribution < -0.4 is 0 Å². The molecule has 164 valence electrons. The molecule has 9 atom stereocenters. The van der Waals surface area contributed by atoms with Gasteiger partial charge in [-0.15, -0.1) is 0 Å². The summed E-state index contributed by atoms with van der Waals surface area (Å²) in [6, 6.07) is 0. The van der Waals surface area contributed by atoms with E-state index in [-0.39, 0.29) is 0 Å². The third kappa shape index (κ3) is 2.56. The zero-order valence-electron chi connectivity index (χ0n) is 20.4. The SMILES string of the molecule is C=C(C)[C@@H]1CC[C@@H]2CC[C@]3(C)[C@H](CC[C@@H]4[C@@]5(C)CCCC(C)(C)[C@@H]5CC[C@]43C)[C@H]21. The van der Waals surface area contributed by atoms with E-state index in [1.165, 1.54) is 76.2 Å². The van der Waals surface area contributed by atoms with Gasteiger partial charge in [0, 0.05) is 0 Å². The summed E-state index contributed by atoms with van der Waals surface area (Å²) in [5.74, 6) is 5.66. The van der Waals surface area contributed by atoms with E-state index in [1.54, 1.807) is 0 Å². The highest BCUT2D eigenvalue weighted by Gasteiger charge is 2.68. The molecule has 0 N–H and O–H groups in total. The van der Waals surface area contributed by atoms with Gasteiger partial charge in [0.1, 0.15) is 0 Å². The Balaban J connectivity index is 1.53. The standard InChI is InChI=1S/C29H48/c1-19(2)21-10-9-20-13-17-28(6)22(25(20)21)11-12-24-27(5)16-8-15-26(3,4)23(27)14-18-29(24,28)7/h20-25H,1,8-18H2,2-7H3/t20-,21+,22-,23+,24-,25-,27+,28-,29-/m1/s1. The summed E-state index contributed by atoms with van der Waals surface area (Å²) in [5.41, 5.74) is 3.76. The fourth-order valence-electron chi connectivity index (χ4n) is 11.3. The molecule has 29 heavy (non-hydrogen) atoms. The van der Waals surface area contributed by atoms with Crippen LogP contribution in [0.5, 0.6) is 0 Å². The molecule has 0 bridgehead atoms. The van der Waals surface area contributed by atoms with Crippen LogP contribution >= 0.6 is 0 Å². The molecule has 0 aromatic carbocycles. The molecule has 5 rings (SSSR count). The van der Waals surface area contributed by atoms with Crippen molar-refractivity contribution in [2.75, 3.05) is 0 Å². The highest BCUT2D eigenvalue weighted by atomic mass is 14.7. The van der Waals surface area contributed by atoms with Crippen LogP contribution in [0, 0.1) is 57.2 Å². The normalized spacial score (nSPS) is 55.9. The van der Waals surface area contributed by atoms with E-state index >= 15 is 0 Å². The van der Waals surface area contributed by atoms with Crippen molar-refractivity contribution >= 4 is 0 Å². The van der Waals surface area contributed by atoms with Crippen molar-refractivity contribution in [2.45, 2.75) is 112 Å². The highest BCUT2D eigenvalue weighted by Crippen LogP contribution is 2.76. The Morgan fingerprint density at radius 1 is 0.724 bits per heavy atom. The molecule has 0 aromatic heterocycles. The van der Waals surface area contributed by atoms with Gasteiger partial charge >= 0.3 is 0 Å². The van der Waals surface area contributed by atoms with E-state index in [4.69, 9.17) is 0 Å². The van der Waals surface area contributed by atoms with Gasteiger partial charge < -0.3 is 0 Å². The molecular weight excluding hydrogens is 348 g/mol. The number of fused-ring (bicyclic) bond motifs is 7. The van der Waals surface area contributed by atoms with Crippen molar-refractivity contribution in [1.29, 1.82) is 0 Å². The van der Waals surface area contributed by atoms with Crippen LogP contribution in [0.1, 0.15) is 112 Å². The Morgan fingerprint density at radius 2 is 1.45 bits per heavy atom. The summed E-state index contributed by atoms with van der Waals surface area (Å²) in [4.78, 5) is 0. The molecule has 0 saturated heterocycles. The maximum absolute atomic E-state index is 4.47. The fraction of sp³-hybridized carbons (Fsp3) is 0.931. The lowest BCUT2D eigenvalue weighted by Gasteiger charge is -2.72. The molecular formula is C29H48. The molecule has 0 aromatic rings. The molecule has 0 unspecified atom stereocenters. The summed E-state index contributed by atoms with van der Waals surface area (Å²) >= 11 is 0. The van der Waals surface area contributed by atoms with E-state index in [0.717, 1.165) is 35.5 Å². The van der Waals surface area contributed by atoms with Crippen LogP contribution in [-0.4, -0.2) is 0 Å². The minimum absolute atomic E-state index is 0.556. The highest BCUT2D eigenvalue weighted by molar-refractivity contribution is 5.18. The largest absolute Gasteiger partial charge is 0.0999 e. The Morgan fingerprint density at radius 3 is 2.17 bits per heavy atom. The lowest BCUT2D eigenvalue weighted by molar-refractivity contribution is -0.228. The third-order valence-electron chi connectivity index (χ3n) is 12.7. The molecule has 5 aliphatic carbocycles. The first-order chi connectivity index (χ1) is 13.5. The maximum Gasteiger partial charge on any atom is -0.0175 e. The smallest absolute Gasteiger partial charge is 0.0175 e. The van der Waals surface area contributed by atoms with Gasteiger partial charge in [0.15, 0.2) is 0 Å². The first-order valence-electron chi connectivity index (χ1n) is 13.2. The summed E-state index contributed by atoms with van der Waals surface area (Å²) in [6.45, 7) is 20.3. The molecule has 5 fully saturated rings. The van der Waals surface area contributed by atoms with Crippen molar-refractivity contribution < 1.29 is 0 Å². The van der Waals surface area contributed by atoms with Gasteiger partial charge in [-0.2, -0.15) is 0 Å². The Kier molecular flexibility index (Phi) is 4.54. The summed E-state index contributed by atoms with van der Waals surface area (Å²) < 4.78 is 0. The molecule has 0 heterocycles. The second kappa shape index (κ2) is 6.38. The summed E-state index contributed by atoms with van der Waals surface area (Å²) in [6.07, 6.45) is 16.4. The van der Waals surface area contributed by atoms with Crippen molar-refractivity contribution in [1.82, 2.24) is 0 Å². The van der Waals surface area contributed by atoms with Crippen LogP contribution in [0.4, 0.5) is 0 Å². The lowest BCUT2D eigenvalue weighted by Crippen LogP contribution is -2.64. The van der Waals surface area contributed by atoms with Crippen LogP contribution in [-0.2, 0) is 0 Å². The fourth-order valence-corrected chi connectivity index (χ4v) is 11.3. The molecule has 0 amide bonds. The number of hydrogen-bond acceptors (Lipinski definition) is 0. The zero-order valence-corrected chi connectivity index (χ0v) is 20.4. The lowest BCUT2D eigenvalue weighted by atomic mass is 9.33. The molecule has 0 aliphatic heterocycles. The molecule has 5 aliphatic rings. The van der Waals surface area contributed by atoms with Crippen LogP contribution in [0.3, 0.4) is 0 Å². The van der Waals surface area contributed by atoms with Gasteiger partial charge in [0.05, 0.1) is 0 Å². The minimum Gasteiger partial charge on any atom is -0.0999 e. The van der Waals surface area contributed by atoms with E-state index in [9.17, 15) is 0 Å². The van der Waals surface area contributed by atoms with Gasteiger partial charge in [0.25, 0.3) is 0 Å². The summed E-state index contributed by atoms with van der Waals surface area (Å²) in [5, 5.41) is 0. The molecule has 5 saturated carbocycles. The van der Waals surface area contributed by atoms with Gasteiger partial charge in [-0.1, -0.05) is 53.2 Å². The van der Waals surface area contributed by atoms with Crippen LogP contribution in [0.2, 0.25) is 0 Å². The zero-order chi connectivity index (χ0) is 20.8. The topological polar surface area (TPSA) is 0 Å². The minimum atomic E-state index is 0.556. The molecule has 0 heteroatoms. The first kappa shape index (κ1) is 20.6. The Hall–Kier alpha value is -0.260. The second-order valence-electron chi connectivity index (χ2n) is 13.9. The molecule has 0 spiro atoms. The second-order valence-corrected chi connectivity index (χ2v) is 13.9. The van der Waals surface area contributed by atoms with E-state index in [1.807, 2.05) is 0 Å². The van der Waals surface area contributed by atoms with Crippen molar-refractivity contribution in [3.63, 3.8) is 0 Å². The van der Waals surface area contributed by atoms with E-state index < -0.39 is 0 Å². The van der Waals surface area contributed by atoms with Crippen molar-refractivity contribution in [3.05, 3.63) is 12.2 Å². The predicted octanol–water partition coefficient (Wildman–Crippen LogP) is 8.66. The number of allylic oxidation sites excluding steroid dienone is 1. The van der Waals surface area contributed by atoms with Crippen molar-refractivity contribution in [3.8, 4) is 0 Å². The average Bonchev–Trinajstić information content (AvgIpc) is 3.06. The Bertz CT molecular complexity index is 686. The van der Waals surface area contributed by atoms with Crippen LogP contribution in [0.25, 0.3) is 0 Å².